The van der Waals surface area contributed by atoms with E-state index in [0.29, 0.717) is 0 Å². The number of benzene rings is 7. The van der Waals surface area contributed by atoms with E-state index >= 15 is 0 Å². The van der Waals surface area contributed by atoms with E-state index in [1.807, 2.05) is 0 Å². The molecule has 44 heavy (non-hydrogen) atoms. The molecule has 0 N–H and O–H groups in total. The lowest BCUT2D eigenvalue weighted by molar-refractivity contribution is 1.18. The minimum absolute atomic E-state index is 1.17. The van der Waals surface area contributed by atoms with E-state index in [0.717, 1.165) is 0 Å². The van der Waals surface area contributed by atoms with Gasteiger partial charge in [-0.05, 0) is 70.8 Å². The molecule has 0 aliphatic rings. The van der Waals surface area contributed by atoms with Crippen LogP contribution in [-0.4, -0.2) is 9.13 Å². The summed E-state index contributed by atoms with van der Waals surface area (Å²) in [6.45, 7) is 0. The quantitative estimate of drug-likeness (QED) is 0.203. The molecule has 7 aromatic carbocycles. The first-order valence-corrected chi connectivity index (χ1v) is 15.1. The lowest BCUT2D eigenvalue weighted by atomic mass is 9.97. The Morgan fingerprint density at radius 2 is 0.705 bits per heavy atom. The molecule has 2 heterocycles. The molecule has 2 aromatic heterocycles. The van der Waals surface area contributed by atoms with Crippen molar-refractivity contribution in [1.82, 2.24) is 9.13 Å². The monoisotopic (exact) mass is 560 g/mol. The molecule has 0 aliphatic heterocycles. The van der Waals surface area contributed by atoms with Crippen molar-refractivity contribution in [2.24, 2.45) is 0 Å². The van der Waals surface area contributed by atoms with Gasteiger partial charge >= 0.3 is 0 Å². The number of fused-ring (bicyclic) bond motifs is 6. The summed E-state index contributed by atoms with van der Waals surface area (Å²) >= 11 is 0. The Hall–Kier alpha value is -5.86. The number of hydrogen-bond donors (Lipinski definition) is 0. The molecule has 0 spiro atoms. The van der Waals surface area contributed by atoms with Gasteiger partial charge in [0.25, 0.3) is 0 Å². The Kier molecular flexibility index (Phi) is 5.54. The Morgan fingerprint density at radius 1 is 0.273 bits per heavy atom. The molecule has 0 bridgehead atoms. The number of rotatable bonds is 4. The molecule has 9 rings (SSSR count). The van der Waals surface area contributed by atoms with Crippen molar-refractivity contribution in [2.75, 3.05) is 0 Å². The maximum absolute atomic E-state index is 2.38. The number of nitrogens with zero attached hydrogens (tertiary/aromatic N) is 2. The average Bonchev–Trinajstić information content (AvgIpc) is 3.62. The summed E-state index contributed by atoms with van der Waals surface area (Å²) < 4.78 is 4.74. The summed E-state index contributed by atoms with van der Waals surface area (Å²) in [7, 11) is 0. The molecular formula is C42H28N2. The minimum atomic E-state index is 1.17. The number of hydrogen-bond acceptors (Lipinski definition) is 0. The normalized spacial score (nSPS) is 11.6. The van der Waals surface area contributed by atoms with Gasteiger partial charge in [-0.15, -0.1) is 0 Å². The topological polar surface area (TPSA) is 9.86 Å². The summed E-state index contributed by atoms with van der Waals surface area (Å²) in [6, 6.07) is 61.3. The van der Waals surface area contributed by atoms with E-state index < -0.39 is 0 Å². The van der Waals surface area contributed by atoms with Crippen LogP contribution in [-0.2, 0) is 0 Å². The van der Waals surface area contributed by atoms with E-state index in [-0.39, 0.29) is 0 Å². The first kappa shape index (κ1) is 24.7. The lowest BCUT2D eigenvalue weighted by Crippen LogP contribution is -1.93. The van der Waals surface area contributed by atoms with Gasteiger partial charge in [0.2, 0.25) is 0 Å². The van der Waals surface area contributed by atoms with Crippen LogP contribution < -0.4 is 0 Å². The number of aromatic nitrogens is 2. The van der Waals surface area contributed by atoms with Crippen LogP contribution in [0.3, 0.4) is 0 Å². The summed E-state index contributed by atoms with van der Waals surface area (Å²) in [6.07, 6.45) is 0. The van der Waals surface area contributed by atoms with Crippen molar-refractivity contribution in [1.29, 1.82) is 0 Å². The fourth-order valence-electron chi connectivity index (χ4n) is 6.96. The largest absolute Gasteiger partial charge is 0.309 e. The van der Waals surface area contributed by atoms with Crippen LogP contribution in [0.2, 0.25) is 0 Å². The third-order valence-electron chi connectivity index (χ3n) is 8.95. The molecule has 206 valence electrons. The molecule has 0 saturated heterocycles. The Morgan fingerprint density at radius 3 is 1.34 bits per heavy atom. The molecule has 0 atom stereocenters. The van der Waals surface area contributed by atoms with Crippen LogP contribution in [0.25, 0.3) is 77.2 Å². The molecule has 0 saturated carbocycles. The summed E-state index contributed by atoms with van der Waals surface area (Å²) in [5.41, 5.74) is 12.1. The van der Waals surface area contributed by atoms with Crippen LogP contribution in [0, 0.1) is 0 Å². The molecule has 0 fully saturated rings. The predicted molar refractivity (Wildman–Crippen MR) is 186 cm³/mol. The molecular weight excluding hydrogens is 532 g/mol. The van der Waals surface area contributed by atoms with E-state index in [2.05, 4.69) is 179 Å². The highest BCUT2D eigenvalue weighted by Crippen LogP contribution is 2.39. The van der Waals surface area contributed by atoms with Crippen molar-refractivity contribution in [3.05, 3.63) is 170 Å². The van der Waals surface area contributed by atoms with E-state index in [4.69, 9.17) is 0 Å². The standard InChI is InChI=1S/C42H28N2/c1-2-11-32(12-3-1)44-40-19-9-6-15-37(40)42-34(16-10-20-41(42)44)31-23-21-29(22-24-31)30-25-27-33(28-26-30)43-38-17-7-4-13-35(38)36-14-5-8-18-39(36)43/h1-28H. The third-order valence-corrected chi connectivity index (χ3v) is 8.95. The van der Waals surface area contributed by atoms with Gasteiger partial charge in [-0.1, -0.05) is 121 Å². The van der Waals surface area contributed by atoms with Crippen molar-refractivity contribution >= 4 is 43.6 Å². The highest BCUT2D eigenvalue weighted by atomic mass is 15.0. The smallest absolute Gasteiger partial charge is 0.0547 e. The average molecular weight is 561 g/mol. The van der Waals surface area contributed by atoms with Crippen molar-refractivity contribution in [3.63, 3.8) is 0 Å². The van der Waals surface area contributed by atoms with Gasteiger partial charge in [0, 0.05) is 32.9 Å². The second-order valence-corrected chi connectivity index (χ2v) is 11.4. The van der Waals surface area contributed by atoms with Gasteiger partial charge in [-0.3, -0.25) is 0 Å². The minimum Gasteiger partial charge on any atom is -0.309 e. The van der Waals surface area contributed by atoms with Crippen LogP contribution in [0.1, 0.15) is 0 Å². The van der Waals surface area contributed by atoms with Crippen LogP contribution in [0.15, 0.2) is 170 Å². The van der Waals surface area contributed by atoms with E-state index in [1.165, 1.54) is 77.2 Å². The predicted octanol–water partition coefficient (Wildman–Crippen LogP) is 11.2. The maximum Gasteiger partial charge on any atom is 0.0547 e. The van der Waals surface area contributed by atoms with Gasteiger partial charge in [0.15, 0.2) is 0 Å². The SMILES string of the molecule is c1ccc(-n2c3ccccc3c3c(-c4ccc(-c5ccc(-n6c7ccccc7c7ccccc76)cc5)cc4)cccc32)cc1. The molecule has 0 amide bonds. The molecule has 0 radical (unpaired) electrons. The fourth-order valence-corrected chi connectivity index (χ4v) is 6.96. The lowest BCUT2D eigenvalue weighted by Gasteiger charge is -2.11. The zero-order chi connectivity index (χ0) is 29.0. The zero-order valence-electron chi connectivity index (χ0n) is 24.1. The Bertz CT molecular complexity index is 2410. The van der Waals surface area contributed by atoms with Gasteiger partial charge in [-0.25, -0.2) is 0 Å². The molecule has 9 aromatic rings. The van der Waals surface area contributed by atoms with Gasteiger partial charge in [0.1, 0.15) is 0 Å². The number of para-hydroxylation sites is 4. The molecule has 0 aliphatic carbocycles. The Balaban J connectivity index is 1.11. The summed E-state index contributed by atoms with van der Waals surface area (Å²) in [4.78, 5) is 0. The second-order valence-electron chi connectivity index (χ2n) is 11.4. The first-order valence-electron chi connectivity index (χ1n) is 15.1. The maximum atomic E-state index is 2.38. The van der Waals surface area contributed by atoms with Crippen LogP contribution in [0.5, 0.6) is 0 Å². The summed E-state index contributed by atoms with van der Waals surface area (Å²) in [5, 5.41) is 5.12. The van der Waals surface area contributed by atoms with E-state index in [9.17, 15) is 0 Å². The first-order chi connectivity index (χ1) is 21.8. The summed E-state index contributed by atoms with van der Waals surface area (Å²) in [5.74, 6) is 0. The third kappa shape index (κ3) is 3.75. The Labute approximate surface area is 255 Å². The highest BCUT2D eigenvalue weighted by Gasteiger charge is 2.16. The molecule has 0 unspecified atom stereocenters. The fraction of sp³-hybridized carbons (Fsp3) is 0. The molecule has 2 nitrogen and oxygen atoms in total. The van der Waals surface area contributed by atoms with Gasteiger partial charge in [0.05, 0.1) is 22.1 Å². The second kappa shape index (κ2) is 9.86. The zero-order valence-corrected chi connectivity index (χ0v) is 24.1. The van der Waals surface area contributed by atoms with Crippen molar-refractivity contribution in [2.45, 2.75) is 0 Å². The van der Waals surface area contributed by atoms with Gasteiger partial charge < -0.3 is 9.13 Å². The van der Waals surface area contributed by atoms with Crippen LogP contribution >= 0.6 is 0 Å². The van der Waals surface area contributed by atoms with Gasteiger partial charge in [-0.2, -0.15) is 0 Å². The van der Waals surface area contributed by atoms with Crippen LogP contribution in [0.4, 0.5) is 0 Å². The van der Waals surface area contributed by atoms with Crippen molar-refractivity contribution < 1.29 is 0 Å². The highest BCUT2D eigenvalue weighted by molar-refractivity contribution is 6.15. The van der Waals surface area contributed by atoms with E-state index in [1.54, 1.807) is 0 Å². The molecule has 2 heteroatoms. The van der Waals surface area contributed by atoms with Crippen molar-refractivity contribution in [3.8, 4) is 33.6 Å².